The van der Waals surface area contributed by atoms with Gasteiger partial charge in [0.1, 0.15) is 18.2 Å². The first kappa shape index (κ1) is 33.2. The van der Waals surface area contributed by atoms with Crippen molar-refractivity contribution in [3.8, 4) is 17.2 Å². The number of ether oxygens (including phenoxy) is 4. The molecule has 0 bridgehead atoms. The van der Waals surface area contributed by atoms with Gasteiger partial charge in [0.05, 0.1) is 32.3 Å². The van der Waals surface area contributed by atoms with Gasteiger partial charge in [-0.3, -0.25) is 9.69 Å². The Kier molecular flexibility index (Phi) is 12.4. The Labute approximate surface area is 258 Å². The lowest BCUT2D eigenvalue weighted by molar-refractivity contribution is -0.126. The van der Waals surface area contributed by atoms with Crippen molar-refractivity contribution in [2.24, 2.45) is 0 Å². The van der Waals surface area contributed by atoms with Gasteiger partial charge in [-0.25, -0.2) is 17.5 Å². The Morgan fingerprint density at radius 3 is 2.55 bits per heavy atom. The Hall–Kier alpha value is -3.71. The second-order valence-corrected chi connectivity index (χ2v) is 12.2. The van der Waals surface area contributed by atoms with Crippen molar-refractivity contribution < 1.29 is 36.6 Å². The second-order valence-electron chi connectivity index (χ2n) is 10.5. The third-order valence-electron chi connectivity index (χ3n) is 7.14. The Balaban J connectivity index is 1.12. The zero-order valence-corrected chi connectivity index (χ0v) is 25.9. The first-order chi connectivity index (χ1) is 21.3. The summed E-state index contributed by atoms with van der Waals surface area (Å²) in [5.74, 6) is 1.09. The Morgan fingerprint density at radius 2 is 1.77 bits per heavy atom. The molecule has 0 spiro atoms. The molecule has 0 radical (unpaired) electrons. The fourth-order valence-corrected chi connectivity index (χ4v) is 6.15. The predicted octanol–water partition coefficient (Wildman–Crippen LogP) is 3.89. The lowest BCUT2D eigenvalue weighted by atomic mass is 10.2. The summed E-state index contributed by atoms with van der Waals surface area (Å²) >= 11 is 0. The molecule has 0 aliphatic carbocycles. The predicted molar refractivity (Wildman–Crippen MR) is 164 cm³/mol. The van der Waals surface area contributed by atoms with Crippen LogP contribution >= 0.6 is 0 Å². The quantitative estimate of drug-likeness (QED) is 0.216. The Morgan fingerprint density at radius 1 is 0.977 bits per heavy atom. The van der Waals surface area contributed by atoms with E-state index >= 15 is 0 Å². The molecule has 1 unspecified atom stereocenters. The largest absolute Gasteiger partial charge is 0.494 e. The molecule has 1 amide bonds. The monoisotopic (exact) mass is 629 g/mol. The van der Waals surface area contributed by atoms with Gasteiger partial charge in [0.25, 0.3) is 0 Å². The van der Waals surface area contributed by atoms with Gasteiger partial charge >= 0.3 is 0 Å². The molecule has 0 aromatic heterocycles. The average Bonchev–Trinajstić information content (AvgIpc) is 3.45. The zero-order valence-electron chi connectivity index (χ0n) is 25.1. The molecule has 10 nitrogen and oxygen atoms in total. The van der Waals surface area contributed by atoms with Crippen molar-refractivity contribution in [2.45, 2.75) is 43.4 Å². The van der Waals surface area contributed by atoms with E-state index in [1.54, 1.807) is 18.2 Å². The van der Waals surface area contributed by atoms with Gasteiger partial charge in [0, 0.05) is 38.3 Å². The standard InChI is InChI=1S/C32H40FN3O7S/c1-40-30-13-12-29(19-31(30)41-2)44(38,39)35-27-14-16-36(21-27)20-25-6-5-7-28(18-25)43-17-4-3-15-34-32(37)23-42-22-24-8-10-26(33)11-9-24/h5-13,18-19,27,35H,3-4,14-17,20-23H2,1-2H3,(H,34,37). The molecule has 3 aromatic rings. The average molecular weight is 630 g/mol. The van der Waals surface area contributed by atoms with E-state index in [1.165, 1.54) is 38.5 Å². The fraction of sp³-hybridized carbons (Fsp3) is 0.406. The number of carbonyl (C=O) groups is 1. The number of nitrogens with one attached hydrogen (secondary N) is 2. The van der Waals surface area contributed by atoms with Crippen molar-refractivity contribution in [2.75, 3.05) is 47.1 Å². The first-order valence-corrected chi connectivity index (χ1v) is 16.0. The van der Waals surface area contributed by atoms with E-state index in [0.717, 1.165) is 36.3 Å². The van der Waals surface area contributed by atoms with E-state index in [9.17, 15) is 17.6 Å². The maximum atomic E-state index is 13.0. The molecule has 4 rings (SSSR count). The number of halogens is 1. The number of carbonyl (C=O) groups excluding carboxylic acids is 1. The molecule has 0 saturated carbocycles. The highest BCUT2D eigenvalue weighted by atomic mass is 32.2. The summed E-state index contributed by atoms with van der Waals surface area (Å²) in [6, 6.07) is 18.2. The molecule has 1 atom stereocenters. The summed E-state index contributed by atoms with van der Waals surface area (Å²) in [7, 11) is -0.741. The van der Waals surface area contributed by atoms with Gasteiger partial charge in [-0.05, 0) is 66.8 Å². The molecular formula is C32H40FN3O7S. The van der Waals surface area contributed by atoms with Crippen LogP contribution in [0.1, 0.15) is 30.4 Å². The summed E-state index contributed by atoms with van der Waals surface area (Å²) in [6.07, 6.45) is 2.24. The topological polar surface area (TPSA) is 115 Å². The number of hydrogen-bond acceptors (Lipinski definition) is 8. The van der Waals surface area contributed by atoms with Crippen molar-refractivity contribution >= 4 is 15.9 Å². The first-order valence-electron chi connectivity index (χ1n) is 14.5. The summed E-state index contributed by atoms with van der Waals surface area (Å²) in [5.41, 5.74) is 1.89. The minimum atomic E-state index is -3.71. The van der Waals surface area contributed by atoms with E-state index in [4.69, 9.17) is 18.9 Å². The lowest BCUT2D eigenvalue weighted by Crippen LogP contribution is -2.36. The number of benzene rings is 3. The molecule has 1 aliphatic heterocycles. The van der Waals surface area contributed by atoms with Crippen LogP contribution in [0.15, 0.2) is 71.6 Å². The lowest BCUT2D eigenvalue weighted by Gasteiger charge is -2.18. The highest BCUT2D eigenvalue weighted by Crippen LogP contribution is 2.29. The van der Waals surface area contributed by atoms with Gasteiger partial charge < -0.3 is 24.3 Å². The van der Waals surface area contributed by atoms with Crippen LogP contribution in [0.3, 0.4) is 0 Å². The van der Waals surface area contributed by atoms with E-state index < -0.39 is 10.0 Å². The molecule has 1 fully saturated rings. The van der Waals surface area contributed by atoms with Crippen molar-refractivity contribution in [3.05, 3.63) is 83.7 Å². The summed E-state index contributed by atoms with van der Waals surface area (Å²) < 4.78 is 63.5. The van der Waals surface area contributed by atoms with E-state index in [-0.39, 0.29) is 35.9 Å². The molecule has 1 aliphatic rings. The van der Waals surface area contributed by atoms with Gasteiger partial charge in [-0.15, -0.1) is 0 Å². The van der Waals surface area contributed by atoms with E-state index in [2.05, 4.69) is 14.9 Å². The SMILES string of the molecule is COc1ccc(S(=O)(=O)NC2CCN(Cc3cccc(OCCCCNC(=O)COCc4ccc(F)cc4)c3)C2)cc1OC. The van der Waals surface area contributed by atoms with Crippen LogP contribution in [0.25, 0.3) is 0 Å². The van der Waals surface area contributed by atoms with Crippen LogP contribution in [0.2, 0.25) is 0 Å². The minimum absolute atomic E-state index is 0.0534. The summed E-state index contributed by atoms with van der Waals surface area (Å²) in [6.45, 7) is 3.29. The maximum absolute atomic E-state index is 13.0. The van der Waals surface area contributed by atoms with E-state index in [1.807, 2.05) is 24.3 Å². The van der Waals surface area contributed by atoms with Gasteiger partial charge in [-0.2, -0.15) is 0 Å². The molecule has 12 heteroatoms. The maximum Gasteiger partial charge on any atom is 0.246 e. The minimum Gasteiger partial charge on any atom is -0.494 e. The van der Waals surface area contributed by atoms with Crippen LogP contribution in [0.5, 0.6) is 17.2 Å². The van der Waals surface area contributed by atoms with Crippen LogP contribution in [0, 0.1) is 5.82 Å². The molecule has 44 heavy (non-hydrogen) atoms. The smallest absolute Gasteiger partial charge is 0.246 e. The van der Waals surface area contributed by atoms with Crippen LogP contribution < -0.4 is 24.2 Å². The highest BCUT2D eigenvalue weighted by molar-refractivity contribution is 7.89. The molecular weight excluding hydrogens is 589 g/mol. The van der Waals surface area contributed by atoms with E-state index in [0.29, 0.717) is 44.2 Å². The molecule has 1 heterocycles. The highest BCUT2D eigenvalue weighted by Gasteiger charge is 2.28. The third-order valence-corrected chi connectivity index (χ3v) is 8.66. The number of sulfonamides is 1. The number of unbranched alkanes of at least 4 members (excludes halogenated alkanes) is 1. The second kappa shape index (κ2) is 16.4. The van der Waals surface area contributed by atoms with Crippen molar-refractivity contribution in [1.82, 2.24) is 14.9 Å². The van der Waals surface area contributed by atoms with Gasteiger partial charge in [0.2, 0.25) is 15.9 Å². The van der Waals surface area contributed by atoms with Crippen molar-refractivity contribution in [1.29, 1.82) is 0 Å². The molecule has 238 valence electrons. The third kappa shape index (κ3) is 10.2. The molecule has 2 N–H and O–H groups in total. The number of likely N-dealkylation sites (tertiary alicyclic amines) is 1. The number of rotatable bonds is 17. The summed E-state index contributed by atoms with van der Waals surface area (Å²) in [4.78, 5) is 14.3. The van der Waals surface area contributed by atoms with Crippen LogP contribution in [-0.2, 0) is 32.7 Å². The number of amides is 1. The summed E-state index contributed by atoms with van der Waals surface area (Å²) in [5, 5.41) is 2.82. The number of hydrogen-bond donors (Lipinski definition) is 2. The number of methoxy groups -OCH3 is 2. The number of nitrogens with zero attached hydrogens (tertiary/aromatic N) is 1. The van der Waals surface area contributed by atoms with Crippen LogP contribution in [-0.4, -0.2) is 72.3 Å². The van der Waals surface area contributed by atoms with Crippen molar-refractivity contribution in [3.63, 3.8) is 0 Å². The van der Waals surface area contributed by atoms with Crippen LogP contribution in [0.4, 0.5) is 4.39 Å². The van der Waals surface area contributed by atoms with Gasteiger partial charge in [0.15, 0.2) is 11.5 Å². The normalized spacial score (nSPS) is 15.2. The fourth-order valence-electron chi connectivity index (χ4n) is 4.87. The molecule has 3 aromatic carbocycles. The Bertz CT molecular complexity index is 1470. The zero-order chi connectivity index (χ0) is 31.4. The van der Waals surface area contributed by atoms with Gasteiger partial charge in [-0.1, -0.05) is 24.3 Å². The molecule has 1 saturated heterocycles.